The van der Waals surface area contributed by atoms with Crippen molar-refractivity contribution in [2.24, 2.45) is 0 Å². The minimum absolute atomic E-state index is 0.0367. The van der Waals surface area contributed by atoms with Crippen LogP contribution in [0.3, 0.4) is 0 Å². The summed E-state index contributed by atoms with van der Waals surface area (Å²) >= 11 is 0. The Bertz CT molecular complexity index is 640. The first-order valence-corrected chi connectivity index (χ1v) is 7.10. The molecule has 1 heterocycles. The van der Waals surface area contributed by atoms with Crippen LogP contribution in [0, 0.1) is 0 Å². The molecular formula is C17H18N2O2. The van der Waals surface area contributed by atoms with Crippen molar-refractivity contribution in [1.82, 2.24) is 0 Å². The van der Waals surface area contributed by atoms with Crippen LogP contribution >= 0.6 is 0 Å². The minimum atomic E-state index is -0.0367. The Morgan fingerprint density at radius 1 is 1.19 bits per heavy atom. The number of nitrogens with two attached hydrogens (primary N) is 1. The Kier molecular flexibility index (Phi) is 3.77. The lowest BCUT2D eigenvalue weighted by Gasteiger charge is -2.29. The molecule has 108 valence electrons. The van der Waals surface area contributed by atoms with Crippen LogP contribution in [0.4, 0.5) is 11.4 Å². The van der Waals surface area contributed by atoms with E-state index in [9.17, 15) is 4.79 Å². The largest absolute Gasteiger partial charge is 0.484 e. The molecule has 2 aromatic rings. The van der Waals surface area contributed by atoms with Crippen molar-refractivity contribution >= 4 is 17.3 Å². The van der Waals surface area contributed by atoms with Gasteiger partial charge in [-0.15, -0.1) is 0 Å². The maximum atomic E-state index is 12.4. The van der Waals surface area contributed by atoms with Gasteiger partial charge in [0, 0.05) is 17.9 Å². The molecule has 0 bridgehead atoms. The van der Waals surface area contributed by atoms with E-state index in [-0.39, 0.29) is 12.5 Å². The SMILES string of the molecule is Nc1ccc2c(c1)N(C(=O)COc1ccccc1)CCC2. The summed E-state index contributed by atoms with van der Waals surface area (Å²) in [6, 6.07) is 15.1. The summed E-state index contributed by atoms with van der Waals surface area (Å²) in [6.45, 7) is 0.756. The number of hydrogen-bond acceptors (Lipinski definition) is 3. The number of carbonyl (C=O) groups is 1. The number of nitrogens with zero attached hydrogens (tertiary/aromatic N) is 1. The highest BCUT2D eigenvalue weighted by Crippen LogP contribution is 2.29. The monoisotopic (exact) mass is 282 g/mol. The standard InChI is InChI=1S/C17H18N2O2/c18-14-9-8-13-5-4-10-19(16(13)11-14)17(20)12-21-15-6-2-1-3-7-15/h1-3,6-9,11H,4-5,10,12,18H2. The summed E-state index contributed by atoms with van der Waals surface area (Å²) < 4.78 is 5.54. The Morgan fingerprint density at radius 3 is 2.81 bits per heavy atom. The van der Waals surface area contributed by atoms with Crippen LogP contribution in [0.15, 0.2) is 48.5 Å². The van der Waals surface area contributed by atoms with E-state index in [1.54, 1.807) is 4.90 Å². The number of anilines is 2. The molecule has 3 rings (SSSR count). The molecule has 0 radical (unpaired) electrons. The van der Waals surface area contributed by atoms with E-state index in [2.05, 4.69) is 0 Å². The molecule has 0 saturated carbocycles. The van der Waals surface area contributed by atoms with Crippen LogP contribution < -0.4 is 15.4 Å². The highest BCUT2D eigenvalue weighted by Gasteiger charge is 2.22. The zero-order chi connectivity index (χ0) is 14.7. The van der Waals surface area contributed by atoms with E-state index in [0.29, 0.717) is 18.0 Å². The van der Waals surface area contributed by atoms with E-state index in [0.717, 1.165) is 18.5 Å². The van der Waals surface area contributed by atoms with Gasteiger partial charge in [-0.05, 0) is 42.7 Å². The third-order valence-electron chi connectivity index (χ3n) is 3.63. The van der Waals surface area contributed by atoms with Gasteiger partial charge < -0.3 is 15.4 Å². The molecule has 0 unspecified atom stereocenters. The lowest BCUT2D eigenvalue weighted by Crippen LogP contribution is -2.38. The number of hydrogen-bond donors (Lipinski definition) is 1. The Labute approximate surface area is 124 Å². The smallest absolute Gasteiger partial charge is 0.264 e. The first-order chi connectivity index (χ1) is 10.2. The average molecular weight is 282 g/mol. The lowest BCUT2D eigenvalue weighted by atomic mass is 10.0. The van der Waals surface area contributed by atoms with Crippen LogP contribution in [0.25, 0.3) is 0 Å². The van der Waals surface area contributed by atoms with Crippen molar-refractivity contribution in [3.8, 4) is 5.75 Å². The molecule has 0 saturated heterocycles. The summed E-state index contributed by atoms with van der Waals surface area (Å²) in [4.78, 5) is 14.2. The maximum absolute atomic E-state index is 12.4. The quantitative estimate of drug-likeness (QED) is 0.880. The van der Waals surface area contributed by atoms with Gasteiger partial charge in [0.05, 0.1) is 0 Å². The zero-order valence-corrected chi connectivity index (χ0v) is 11.8. The normalized spacial score (nSPS) is 13.6. The summed E-state index contributed by atoms with van der Waals surface area (Å²) in [7, 11) is 0. The average Bonchev–Trinajstić information content (AvgIpc) is 2.53. The Balaban J connectivity index is 1.73. The van der Waals surface area contributed by atoms with E-state index < -0.39 is 0 Å². The third kappa shape index (κ3) is 2.99. The molecule has 0 atom stereocenters. The van der Waals surface area contributed by atoms with Gasteiger partial charge >= 0.3 is 0 Å². The van der Waals surface area contributed by atoms with Crippen LogP contribution in [0.2, 0.25) is 0 Å². The van der Waals surface area contributed by atoms with Crippen LogP contribution in [-0.2, 0) is 11.2 Å². The predicted molar refractivity (Wildman–Crippen MR) is 83.5 cm³/mol. The van der Waals surface area contributed by atoms with Crippen molar-refractivity contribution in [2.75, 3.05) is 23.8 Å². The fraction of sp³-hybridized carbons (Fsp3) is 0.235. The molecule has 1 aliphatic rings. The molecule has 0 aromatic heterocycles. The topological polar surface area (TPSA) is 55.6 Å². The number of carbonyl (C=O) groups excluding carboxylic acids is 1. The number of ether oxygens (including phenoxy) is 1. The highest BCUT2D eigenvalue weighted by atomic mass is 16.5. The third-order valence-corrected chi connectivity index (χ3v) is 3.63. The van der Waals surface area contributed by atoms with E-state index in [4.69, 9.17) is 10.5 Å². The highest BCUT2D eigenvalue weighted by molar-refractivity contribution is 5.96. The van der Waals surface area contributed by atoms with E-state index in [1.807, 2.05) is 48.5 Å². The van der Waals surface area contributed by atoms with Crippen LogP contribution in [-0.4, -0.2) is 19.1 Å². The van der Waals surface area contributed by atoms with E-state index in [1.165, 1.54) is 5.56 Å². The molecule has 2 aromatic carbocycles. The fourth-order valence-corrected chi connectivity index (χ4v) is 2.59. The Hall–Kier alpha value is -2.49. The second-order valence-electron chi connectivity index (χ2n) is 5.14. The zero-order valence-electron chi connectivity index (χ0n) is 11.8. The number of benzene rings is 2. The van der Waals surface area contributed by atoms with Gasteiger partial charge in [-0.25, -0.2) is 0 Å². The molecular weight excluding hydrogens is 264 g/mol. The fourth-order valence-electron chi connectivity index (χ4n) is 2.59. The molecule has 1 aliphatic heterocycles. The maximum Gasteiger partial charge on any atom is 0.264 e. The van der Waals surface area contributed by atoms with Gasteiger partial charge in [0.25, 0.3) is 5.91 Å². The number of para-hydroxylation sites is 1. The summed E-state index contributed by atoms with van der Waals surface area (Å²) in [6.07, 6.45) is 1.95. The molecule has 21 heavy (non-hydrogen) atoms. The van der Waals surface area contributed by atoms with Crippen molar-refractivity contribution in [3.63, 3.8) is 0 Å². The van der Waals surface area contributed by atoms with Crippen molar-refractivity contribution in [1.29, 1.82) is 0 Å². The van der Waals surface area contributed by atoms with Crippen molar-refractivity contribution < 1.29 is 9.53 Å². The minimum Gasteiger partial charge on any atom is -0.484 e. The van der Waals surface area contributed by atoms with Gasteiger partial charge in [0.15, 0.2) is 6.61 Å². The van der Waals surface area contributed by atoms with E-state index >= 15 is 0 Å². The summed E-state index contributed by atoms with van der Waals surface area (Å²) in [5, 5.41) is 0. The van der Waals surface area contributed by atoms with Gasteiger partial charge in [-0.3, -0.25) is 4.79 Å². The first kappa shape index (κ1) is 13.5. The Morgan fingerprint density at radius 2 is 2.00 bits per heavy atom. The number of fused-ring (bicyclic) bond motifs is 1. The summed E-state index contributed by atoms with van der Waals surface area (Å²) in [5.74, 6) is 0.668. The summed E-state index contributed by atoms with van der Waals surface area (Å²) in [5.41, 5.74) is 8.61. The molecule has 0 aliphatic carbocycles. The van der Waals surface area contributed by atoms with Gasteiger partial charge in [-0.1, -0.05) is 24.3 Å². The predicted octanol–water partition coefficient (Wildman–Crippen LogP) is 2.63. The number of amides is 1. The lowest BCUT2D eigenvalue weighted by molar-refractivity contribution is -0.120. The molecule has 4 heteroatoms. The van der Waals surface area contributed by atoms with Crippen LogP contribution in [0.5, 0.6) is 5.75 Å². The number of rotatable bonds is 3. The van der Waals surface area contributed by atoms with Gasteiger partial charge in [-0.2, -0.15) is 0 Å². The molecule has 2 N–H and O–H groups in total. The first-order valence-electron chi connectivity index (χ1n) is 7.10. The van der Waals surface area contributed by atoms with Gasteiger partial charge in [0.2, 0.25) is 0 Å². The van der Waals surface area contributed by atoms with Crippen molar-refractivity contribution in [2.45, 2.75) is 12.8 Å². The second-order valence-corrected chi connectivity index (χ2v) is 5.14. The molecule has 1 amide bonds. The van der Waals surface area contributed by atoms with Crippen LogP contribution in [0.1, 0.15) is 12.0 Å². The molecule has 0 fully saturated rings. The van der Waals surface area contributed by atoms with Gasteiger partial charge in [0.1, 0.15) is 5.75 Å². The number of nitrogen functional groups attached to an aromatic ring is 1. The second kappa shape index (κ2) is 5.87. The van der Waals surface area contributed by atoms with Crippen molar-refractivity contribution in [3.05, 3.63) is 54.1 Å². The molecule has 0 spiro atoms. The molecule has 4 nitrogen and oxygen atoms in total. The number of aryl methyl sites for hydroxylation is 1.